The predicted octanol–water partition coefficient (Wildman–Crippen LogP) is 4.49. The molecule has 0 spiro atoms. The van der Waals surface area contributed by atoms with Crippen molar-refractivity contribution in [3.8, 4) is 5.69 Å². The van der Waals surface area contributed by atoms with E-state index in [2.05, 4.69) is 5.10 Å². The van der Waals surface area contributed by atoms with Crippen molar-refractivity contribution in [2.24, 2.45) is 0 Å². The minimum Gasteiger partial charge on any atom is -0.341 e. The van der Waals surface area contributed by atoms with Crippen molar-refractivity contribution < 1.29 is 18.0 Å². The number of rotatable bonds is 3. The van der Waals surface area contributed by atoms with Gasteiger partial charge < -0.3 is 4.90 Å². The van der Waals surface area contributed by atoms with Crippen molar-refractivity contribution in [1.82, 2.24) is 19.2 Å². The van der Waals surface area contributed by atoms with Gasteiger partial charge in [0.1, 0.15) is 12.2 Å². The minimum absolute atomic E-state index is 0.0712. The number of likely N-dealkylation sites (tertiary alicyclic amines) is 1. The molecule has 0 bridgehead atoms. The Bertz CT molecular complexity index is 1260. The molecule has 32 heavy (non-hydrogen) atoms. The van der Waals surface area contributed by atoms with Gasteiger partial charge in [-0.2, -0.15) is 18.3 Å². The number of carbonyl (C=O) groups excluding carboxylic acids is 1. The predicted molar refractivity (Wildman–Crippen MR) is 115 cm³/mol. The fourth-order valence-corrected chi connectivity index (χ4v) is 4.38. The first-order valence-electron chi connectivity index (χ1n) is 10.3. The van der Waals surface area contributed by atoms with Gasteiger partial charge in [-0.1, -0.05) is 17.7 Å². The van der Waals surface area contributed by atoms with Gasteiger partial charge >= 0.3 is 6.18 Å². The van der Waals surface area contributed by atoms with E-state index < -0.39 is 17.3 Å². The number of aromatic nitrogens is 3. The van der Waals surface area contributed by atoms with Crippen LogP contribution in [0.2, 0.25) is 5.02 Å². The van der Waals surface area contributed by atoms with Gasteiger partial charge in [0.05, 0.1) is 22.3 Å². The molecule has 0 atom stereocenters. The monoisotopic (exact) mass is 466 g/mol. The van der Waals surface area contributed by atoms with Gasteiger partial charge in [0.25, 0.3) is 5.56 Å². The number of pyridine rings is 1. The summed E-state index contributed by atoms with van der Waals surface area (Å²) in [6.07, 6.45) is -2.01. The number of piperidine rings is 1. The third-order valence-corrected chi connectivity index (χ3v) is 6.28. The van der Waals surface area contributed by atoms with E-state index in [0.717, 1.165) is 23.8 Å². The van der Waals surface area contributed by atoms with Gasteiger partial charge in [0.15, 0.2) is 0 Å². The highest BCUT2D eigenvalue weighted by Gasteiger charge is 2.37. The van der Waals surface area contributed by atoms with Crippen molar-refractivity contribution in [2.45, 2.75) is 45.8 Å². The largest absolute Gasteiger partial charge is 0.417 e. The number of amides is 1. The number of alkyl halides is 3. The lowest BCUT2D eigenvalue weighted by molar-refractivity contribution is -0.136. The fourth-order valence-electron chi connectivity index (χ4n) is 4.21. The molecule has 3 aromatic rings. The van der Waals surface area contributed by atoms with E-state index in [1.165, 1.54) is 11.6 Å². The molecule has 0 saturated carbocycles. The molecule has 1 amide bonds. The molecule has 2 aromatic heterocycles. The summed E-state index contributed by atoms with van der Waals surface area (Å²) in [7, 11) is 0. The van der Waals surface area contributed by atoms with Crippen LogP contribution in [-0.2, 0) is 17.5 Å². The summed E-state index contributed by atoms with van der Waals surface area (Å²) in [5.74, 6) is -0.305. The lowest BCUT2D eigenvalue weighted by atomic mass is 10.1. The summed E-state index contributed by atoms with van der Waals surface area (Å²) in [5, 5.41) is 4.54. The Balaban J connectivity index is 1.99. The summed E-state index contributed by atoms with van der Waals surface area (Å²) in [6.45, 7) is 3.95. The van der Waals surface area contributed by atoms with E-state index in [-0.39, 0.29) is 29.2 Å². The molecule has 1 saturated heterocycles. The number of hydrogen-bond donors (Lipinski definition) is 0. The van der Waals surface area contributed by atoms with E-state index in [1.54, 1.807) is 30.0 Å². The highest BCUT2D eigenvalue weighted by atomic mass is 35.5. The molecule has 1 fully saturated rings. The second-order valence-electron chi connectivity index (χ2n) is 8.00. The number of aryl methyl sites for hydroxylation is 1. The minimum atomic E-state index is -4.75. The normalized spacial score (nSPS) is 14.9. The molecule has 0 N–H and O–H groups in total. The van der Waals surface area contributed by atoms with E-state index >= 15 is 0 Å². The summed E-state index contributed by atoms with van der Waals surface area (Å²) >= 11 is 6.23. The van der Waals surface area contributed by atoms with Gasteiger partial charge in [-0.25, -0.2) is 4.68 Å². The molecule has 10 heteroatoms. The lowest BCUT2D eigenvalue weighted by Crippen LogP contribution is -2.40. The SMILES string of the molecule is Cc1c(Cl)cccc1-n1nc(C)c2c(C(F)(F)F)cc(=O)n(CC(=O)N3CCCCC3)c21. The fraction of sp³-hybridized carbons (Fsp3) is 0.409. The molecular formula is C22H22ClF3N4O2. The highest BCUT2D eigenvalue weighted by molar-refractivity contribution is 6.31. The number of carbonyl (C=O) groups is 1. The van der Waals surface area contributed by atoms with Crippen molar-refractivity contribution in [2.75, 3.05) is 13.1 Å². The molecule has 1 aromatic carbocycles. The van der Waals surface area contributed by atoms with Crippen molar-refractivity contribution in [1.29, 1.82) is 0 Å². The molecule has 1 aliphatic heterocycles. The van der Waals surface area contributed by atoms with Gasteiger partial charge in [-0.3, -0.25) is 14.2 Å². The number of halogens is 4. The number of nitrogens with zero attached hydrogens (tertiary/aromatic N) is 4. The third-order valence-electron chi connectivity index (χ3n) is 5.87. The van der Waals surface area contributed by atoms with Crippen LogP contribution in [0, 0.1) is 13.8 Å². The number of hydrogen-bond acceptors (Lipinski definition) is 3. The quantitative estimate of drug-likeness (QED) is 0.571. The van der Waals surface area contributed by atoms with Crippen LogP contribution in [0.4, 0.5) is 13.2 Å². The van der Waals surface area contributed by atoms with Crippen molar-refractivity contribution in [3.05, 3.63) is 56.5 Å². The van der Waals surface area contributed by atoms with Gasteiger partial charge in [-0.15, -0.1) is 0 Å². The lowest BCUT2D eigenvalue weighted by Gasteiger charge is -2.27. The highest BCUT2D eigenvalue weighted by Crippen LogP contribution is 2.36. The first-order chi connectivity index (χ1) is 15.1. The second-order valence-corrected chi connectivity index (χ2v) is 8.41. The molecule has 6 nitrogen and oxygen atoms in total. The smallest absolute Gasteiger partial charge is 0.341 e. The Hall–Kier alpha value is -2.81. The number of benzene rings is 1. The molecule has 4 rings (SSSR count). The summed E-state index contributed by atoms with van der Waals surface area (Å²) < 4.78 is 43.9. The Morgan fingerprint density at radius 1 is 1.16 bits per heavy atom. The summed E-state index contributed by atoms with van der Waals surface area (Å²) in [5.41, 5.74) is -0.909. The zero-order chi connectivity index (χ0) is 23.2. The molecule has 0 aliphatic carbocycles. The molecule has 3 heterocycles. The topological polar surface area (TPSA) is 60.1 Å². The molecule has 170 valence electrons. The Morgan fingerprint density at radius 3 is 2.50 bits per heavy atom. The van der Waals surface area contributed by atoms with Crippen molar-refractivity contribution >= 4 is 28.5 Å². The van der Waals surface area contributed by atoms with E-state index in [9.17, 15) is 22.8 Å². The van der Waals surface area contributed by atoms with Crippen LogP contribution in [0.1, 0.15) is 36.1 Å². The van der Waals surface area contributed by atoms with Crippen molar-refractivity contribution in [3.63, 3.8) is 0 Å². The Labute approximate surface area is 187 Å². The van der Waals surface area contributed by atoms with E-state index in [4.69, 9.17) is 11.6 Å². The Morgan fingerprint density at radius 2 is 1.84 bits per heavy atom. The molecule has 1 aliphatic rings. The molecule has 0 unspecified atom stereocenters. The van der Waals surface area contributed by atoms with Crippen LogP contribution in [0.3, 0.4) is 0 Å². The zero-order valence-corrected chi connectivity index (χ0v) is 18.4. The van der Waals surface area contributed by atoms with Crippen LogP contribution in [-0.4, -0.2) is 38.2 Å². The van der Waals surface area contributed by atoms with E-state index in [1.807, 2.05) is 0 Å². The first-order valence-corrected chi connectivity index (χ1v) is 10.7. The molecular weight excluding hydrogens is 445 g/mol. The second kappa shape index (κ2) is 8.27. The standard InChI is InChI=1S/C22H22ClF3N4O2/c1-13-16(23)7-6-8-17(13)30-21-20(14(2)27-30)15(22(24,25)26)11-18(31)29(21)12-19(32)28-9-4-3-5-10-28/h6-8,11H,3-5,9-10,12H2,1-2H3. The van der Waals surface area contributed by atoms with Gasteiger partial charge in [0.2, 0.25) is 5.91 Å². The number of fused-ring (bicyclic) bond motifs is 1. The van der Waals surface area contributed by atoms with Crippen LogP contribution < -0.4 is 5.56 Å². The maximum absolute atomic E-state index is 13.8. The average Bonchev–Trinajstić information content (AvgIpc) is 3.08. The van der Waals surface area contributed by atoms with Crippen LogP contribution in [0.25, 0.3) is 16.7 Å². The zero-order valence-electron chi connectivity index (χ0n) is 17.7. The summed E-state index contributed by atoms with van der Waals surface area (Å²) in [6, 6.07) is 5.53. The average molecular weight is 467 g/mol. The van der Waals surface area contributed by atoms with Gasteiger partial charge in [0, 0.05) is 24.2 Å². The van der Waals surface area contributed by atoms with E-state index in [0.29, 0.717) is 35.4 Å². The van der Waals surface area contributed by atoms with Crippen LogP contribution in [0.15, 0.2) is 29.1 Å². The molecule has 0 radical (unpaired) electrons. The third kappa shape index (κ3) is 3.90. The maximum atomic E-state index is 13.8. The maximum Gasteiger partial charge on any atom is 0.417 e. The summed E-state index contributed by atoms with van der Waals surface area (Å²) in [4.78, 5) is 27.5. The van der Waals surface area contributed by atoms with Crippen LogP contribution in [0.5, 0.6) is 0 Å². The van der Waals surface area contributed by atoms with Gasteiger partial charge in [-0.05, 0) is 50.8 Å². The van der Waals surface area contributed by atoms with Crippen LogP contribution >= 0.6 is 11.6 Å². The first kappa shape index (κ1) is 22.4. The Kier molecular flexibility index (Phi) is 5.79.